The van der Waals surface area contributed by atoms with E-state index in [2.05, 4.69) is 12.8 Å². The van der Waals surface area contributed by atoms with Crippen LogP contribution in [0.3, 0.4) is 0 Å². The van der Waals surface area contributed by atoms with E-state index in [0.717, 1.165) is 12.5 Å². The second kappa shape index (κ2) is 3.33. The predicted octanol–water partition coefficient (Wildman–Crippen LogP) is 1.68. The summed E-state index contributed by atoms with van der Waals surface area (Å²) in [6, 6.07) is 0. The average Bonchev–Trinajstić information content (AvgIpc) is 2.04. The van der Waals surface area contributed by atoms with E-state index in [1.807, 2.05) is 4.31 Å². The van der Waals surface area contributed by atoms with Gasteiger partial charge in [-0.05, 0) is 18.8 Å². The van der Waals surface area contributed by atoms with Gasteiger partial charge in [0.25, 0.3) is 0 Å². The highest BCUT2D eigenvalue weighted by atomic mass is 32.1. The highest BCUT2D eigenvalue weighted by Crippen LogP contribution is 2.30. The molecule has 11 heavy (non-hydrogen) atoms. The Morgan fingerprint density at radius 1 is 1.27 bits per heavy atom. The molecule has 3 heteroatoms. The number of ether oxygens (including phenoxy) is 1. The number of hydrogen-bond acceptors (Lipinski definition) is 3. The van der Waals surface area contributed by atoms with Crippen LogP contribution in [0.1, 0.15) is 25.7 Å². The van der Waals surface area contributed by atoms with Crippen molar-refractivity contribution in [3.63, 3.8) is 0 Å². The lowest BCUT2D eigenvalue weighted by Crippen LogP contribution is -2.42. The molecule has 0 amide bonds. The molecule has 1 saturated carbocycles. The summed E-state index contributed by atoms with van der Waals surface area (Å²) in [6.45, 7) is 1.83. The van der Waals surface area contributed by atoms with Crippen LogP contribution in [0.4, 0.5) is 0 Å². The molecule has 2 rings (SSSR count). The van der Waals surface area contributed by atoms with Crippen LogP contribution in [0.25, 0.3) is 0 Å². The molecule has 0 spiro atoms. The topological polar surface area (TPSA) is 12.5 Å². The summed E-state index contributed by atoms with van der Waals surface area (Å²) in [5.41, 5.74) is 0. The molecule has 0 aromatic rings. The average molecular weight is 173 g/mol. The lowest BCUT2D eigenvalue weighted by atomic mass is 9.86. The standard InChI is InChI=1S/C8H15NOS/c11-9-5-7-3-1-2-4-8(7)10-6-9/h7-8,11H,1-6H2. The molecule has 0 bridgehead atoms. The number of hydrogen-bond donors (Lipinski definition) is 1. The van der Waals surface area contributed by atoms with Crippen LogP contribution in [0.5, 0.6) is 0 Å². The molecule has 0 aromatic carbocycles. The smallest absolute Gasteiger partial charge is 0.108 e. The second-order valence-electron chi connectivity index (χ2n) is 3.57. The number of nitrogens with zero attached hydrogens (tertiary/aromatic N) is 1. The molecule has 0 N–H and O–H groups in total. The first-order valence-corrected chi connectivity index (χ1v) is 4.81. The van der Waals surface area contributed by atoms with E-state index in [0.29, 0.717) is 12.8 Å². The summed E-state index contributed by atoms with van der Waals surface area (Å²) < 4.78 is 7.62. The van der Waals surface area contributed by atoms with Crippen LogP contribution in [-0.2, 0) is 4.74 Å². The Kier molecular flexibility index (Phi) is 2.39. The van der Waals surface area contributed by atoms with Gasteiger partial charge in [0.2, 0.25) is 0 Å². The number of rotatable bonds is 0. The molecule has 0 aromatic heterocycles. The Labute approximate surface area is 73.4 Å². The Morgan fingerprint density at radius 2 is 2.09 bits per heavy atom. The summed E-state index contributed by atoms with van der Waals surface area (Å²) in [7, 11) is 0. The Bertz CT molecular complexity index is 142. The minimum absolute atomic E-state index is 0.548. The Morgan fingerprint density at radius 3 is 3.00 bits per heavy atom. The molecule has 64 valence electrons. The molecule has 1 saturated heterocycles. The van der Waals surface area contributed by atoms with Crippen LogP contribution in [0.15, 0.2) is 0 Å². The van der Waals surface area contributed by atoms with Gasteiger partial charge in [0, 0.05) is 6.54 Å². The summed E-state index contributed by atoms with van der Waals surface area (Å²) >= 11 is 4.29. The van der Waals surface area contributed by atoms with Gasteiger partial charge in [-0.1, -0.05) is 25.7 Å². The zero-order valence-electron chi connectivity index (χ0n) is 6.70. The van der Waals surface area contributed by atoms with E-state index in [1.165, 1.54) is 25.7 Å². The lowest BCUT2D eigenvalue weighted by Gasteiger charge is -2.38. The molecule has 2 unspecified atom stereocenters. The highest BCUT2D eigenvalue weighted by molar-refractivity contribution is 7.77. The van der Waals surface area contributed by atoms with Crippen molar-refractivity contribution in [1.29, 1.82) is 0 Å². The predicted molar refractivity (Wildman–Crippen MR) is 47.4 cm³/mol. The third-order valence-corrected chi connectivity index (χ3v) is 3.00. The number of fused-ring (bicyclic) bond motifs is 1. The van der Waals surface area contributed by atoms with Gasteiger partial charge in [0.1, 0.15) is 6.73 Å². The largest absolute Gasteiger partial charge is 0.362 e. The summed E-state index contributed by atoms with van der Waals surface area (Å²) in [5.74, 6) is 0.759. The summed E-state index contributed by atoms with van der Waals surface area (Å²) in [6.07, 6.45) is 5.89. The van der Waals surface area contributed by atoms with Crippen molar-refractivity contribution >= 4 is 12.8 Å². The molecule has 2 atom stereocenters. The van der Waals surface area contributed by atoms with Crippen molar-refractivity contribution in [2.45, 2.75) is 31.8 Å². The van der Waals surface area contributed by atoms with Gasteiger partial charge in [-0.2, -0.15) is 0 Å². The summed E-state index contributed by atoms with van der Waals surface area (Å²) in [4.78, 5) is 0. The van der Waals surface area contributed by atoms with Gasteiger partial charge < -0.3 is 4.74 Å². The van der Waals surface area contributed by atoms with Crippen molar-refractivity contribution in [2.75, 3.05) is 13.3 Å². The normalized spacial score (nSPS) is 40.1. The van der Waals surface area contributed by atoms with Gasteiger partial charge in [0.05, 0.1) is 6.10 Å². The van der Waals surface area contributed by atoms with Crippen LogP contribution in [-0.4, -0.2) is 23.7 Å². The first-order chi connectivity index (χ1) is 5.36. The zero-order valence-corrected chi connectivity index (χ0v) is 7.59. The number of thiol groups is 1. The van der Waals surface area contributed by atoms with Crippen LogP contribution in [0, 0.1) is 5.92 Å². The third kappa shape index (κ3) is 1.71. The minimum atomic E-state index is 0.548. The maximum Gasteiger partial charge on any atom is 0.108 e. The summed E-state index contributed by atoms with van der Waals surface area (Å²) in [5, 5.41) is 0. The first-order valence-electron chi connectivity index (χ1n) is 4.41. The second-order valence-corrected chi connectivity index (χ2v) is 4.13. The minimum Gasteiger partial charge on any atom is -0.362 e. The molecule has 1 aliphatic carbocycles. The third-order valence-electron chi connectivity index (χ3n) is 2.72. The van der Waals surface area contributed by atoms with E-state index >= 15 is 0 Å². The van der Waals surface area contributed by atoms with E-state index in [1.54, 1.807) is 0 Å². The van der Waals surface area contributed by atoms with E-state index in [4.69, 9.17) is 4.74 Å². The van der Waals surface area contributed by atoms with Gasteiger partial charge in [-0.3, -0.25) is 0 Å². The maximum atomic E-state index is 5.64. The zero-order chi connectivity index (χ0) is 7.68. The molecular weight excluding hydrogens is 158 g/mol. The SMILES string of the molecule is SN1COC2CCCCC2C1. The molecular formula is C8H15NOS. The first kappa shape index (κ1) is 7.90. The fourth-order valence-electron chi connectivity index (χ4n) is 2.11. The van der Waals surface area contributed by atoms with Gasteiger partial charge >= 0.3 is 0 Å². The monoisotopic (exact) mass is 173 g/mol. The maximum absolute atomic E-state index is 5.64. The van der Waals surface area contributed by atoms with Crippen molar-refractivity contribution in [3.05, 3.63) is 0 Å². The van der Waals surface area contributed by atoms with Gasteiger partial charge in [-0.25, -0.2) is 4.31 Å². The molecule has 2 nitrogen and oxygen atoms in total. The molecule has 2 aliphatic rings. The molecule has 1 heterocycles. The van der Waals surface area contributed by atoms with Crippen molar-refractivity contribution in [1.82, 2.24) is 4.31 Å². The van der Waals surface area contributed by atoms with Crippen molar-refractivity contribution in [3.8, 4) is 0 Å². The van der Waals surface area contributed by atoms with Crippen molar-refractivity contribution < 1.29 is 4.74 Å². The molecule has 1 aliphatic heterocycles. The van der Waals surface area contributed by atoms with E-state index in [9.17, 15) is 0 Å². The lowest BCUT2D eigenvalue weighted by molar-refractivity contribution is -0.0840. The van der Waals surface area contributed by atoms with Crippen LogP contribution >= 0.6 is 12.8 Å². The molecule has 2 fully saturated rings. The Hall–Kier alpha value is 0.270. The van der Waals surface area contributed by atoms with Gasteiger partial charge in [0.15, 0.2) is 0 Å². The van der Waals surface area contributed by atoms with Crippen LogP contribution < -0.4 is 0 Å². The quantitative estimate of drug-likeness (QED) is 0.560. The van der Waals surface area contributed by atoms with Crippen LogP contribution in [0.2, 0.25) is 0 Å². The van der Waals surface area contributed by atoms with E-state index in [-0.39, 0.29) is 0 Å². The van der Waals surface area contributed by atoms with E-state index < -0.39 is 0 Å². The molecule has 0 radical (unpaired) electrons. The van der Waals surface area contributed by atoms with Crippen molar-refractivity contribution in [2.24, 2.45) is 5.92 Å². The highest BCUT2D eigenvalue weighted by Gasteiger charge is 2.30. The fourth-order valence-corrected chi connectivity index (χ4v) is 2.38. The fraction of sp³-hybridized carbons (Fsp3) is 1.00. The van der Waals surface area contributed by atoms with Gasteiger partial charge in [-0.15, -0.1) is 0 Å². The Balaban J connectivity index is 1.93.